The van der Waals surface area contributed by atoms with Gasteiger partial charge in [-0.25, -0.2) is 0 Å². The lowest BCUT2D eigenvalue weighted by atomic mass is 10.0. The molecule has 0 radical (unpaired) electrons. The lowest BCUT2D eigenvalue weighted by Crippen LogP contribution is -2.21. The third-order valence-corrected chi connectivity index (χ3v) is 5.00. The van der Waals surface area contributed by atoms with Crippen LogP contribution in [0.3, 0.4) is 0 Å². The van der Waals surface area contributed by atoms with Crippen LogP contribution in [0.4, 0.5) is 5.69 Å². The van der Waals surface area contributed by atoms with E-state index >= 15 is 0 Å². The van der Waals surface area contributed by atoms with E-state index in [0.29, 0.717) is 6.42 Å². The second-order valence-corrected chi connectivity index (χ2v) is 6.69. The summed E-state index contributed by atoms with van der Waals surface area (Å²) in [4.78, 5) is 12.4. The fourth-order valence-electron chi connectivity index (χ4n) is 3.79. The summed E-state index contributed by atoms with van der Waals surface area (Å²) in [6.07, 6.45) is 3.54. The lowest BCUT2D eigenvalue weighted by Gasteiger charge is -2.16. The number of halogens is 2. The first-order valence-electron chi connectivity index (χ1n) is 8.93. The van der Waals surface area contributed by atoms with Gasteiger partial charge in [0.2, 0.25) is 5.91 Å². The third-order valence-electron chi connectivity index (χ3n) is 5.00. The number of carbonyl (C=O) groups excluding carboxylic acids is 1. The first kappa shape index (κ1) is 21.3. The van der Waals surface area contributed by atoms with Gasteiger partial charge in [0.05, 0.1) is 5.52 Å². The molecule has 0 amide bonds. The largest absolute Gasteiger partial charge is 0.399 e. The highest BCUT2D eigenvalue weighted by Gasteiger charge is 2.23. The highest BCUT2D eigenvalue weighted by Crippen LogP contribution is 2.30. The van der Waals surface area contributed by atoms with Crippen molar-refractivity contribution >= 4 is 47.3 Å². The predicted octanol–water partition coefficient (Wildman–Crippen LogP) is 4.38. The molecule has 3 N–H and O–H groups in total. The Bertz CT molecular complexity index is 919. The molecule has 0 saturated heterocycles. The Balaban J connectivity index is 0.00000131. The number of hydrogen-bond donors (Lipinski definition) is 2. The topological polar surface area (TPSA) is 60.0 Å². The van der Waals surface area contributed by atoms with Crippen molar-refractivity contribution < 1.29 is 4.79 Å². The highest BCUT2D eigenvalue weighted by atomic mass is 35.5. The van der Waals surface area contributed by atoms with Crippen molar-refractivity contribution in [2.75, 3.05) is 12.3 Å². The molecule has 4 rings (SSSR count). The minimum atomic E-state index is 0. The molecule has 144 valence electrons. The quantitative estimate of drug-likeness (QED) is 0.489. The maximum atomic E-state index is 12.4. The molecular weight excluding hydrogens is 381 g/mol. The molecule has 1 aliphatic rings. The monoisotopic (exact) mass is 405 g/mol. The van der Waals surface area contributed by atoms with Crippen LogP contribution in [-0.4, -0.2) is 17.0 Å². The van der Waals surface area contributed by atoms with Gasteiger partial charge in [-0.1, -0.05) is 30.3 Å². The Hall–Kier alpha value is -2.01. The van der Waals surface area contributed by atoms with E-state index in [1.807, 2.05) is 22.8 Å². The van der Waals surface area contributed by atoms with Crippen LogP contribution < -0.4 is 11.1 Å². The zero-order valence-electron chi connectivity index (χ0n) is 15.1. The Morgan fingerprint density at radius 3 is 2.52 bits per heavy atom. The number of rotatable bonds is 5. The molecule has 6 heteroatoms. The number of nitrogens with zero attached hydrogens (tertiary/aromatic N) is 1. The van der Waals surface area contributed by atoms with Gasteiger partial charge in [0.15, 0.2) is 0 Å². The van der Waals surface area contributed by atoms with Gasteiger partial charge in [0.1, 0.15) is 0 Å². The third kappa shape index (κ3) is 4.29. The summed E-state index contributed by atoms with van der Waals surface area (Å²) in [5.74, 6) is 0.235. The molecule has 0 unspecified atom stereocenters. The zero-order chi connectivity index (χ0) is 17.2. The minimum Gasteiger partial charge on any atom is -0.399 e. The summed E-state index contributed by atoms with van der Waals surface area (Å²) in [6.45, 7) is 1.72. The molecule has 2 heterocycles. The van der Waals surface area contributed by atoms with Crippen molar-refractivity contribution in [3.8, 4) is 0 Å². The SMILES string of the molecule is Cl.Cl.Nc1ccc(CNCCc2c3n(c4ccccc24)C(=O)CCC3)cc1. The van der Waals surface area contributed by atoms with Crippen molar-refractivity contribution in [2.24, 2.45) is 0 Å². The second-order valence-electron chi connectivity index (χ2n) is 6.69. The van der Waals surface area contributed by atoms with E-state index < -0.39 is 0 Å². The molecule has 27 heavy (non-hydrogen) atoms. The van der Waals surface area contributed by atoms with Gasteiger partial charge in [-0.2, -0.15) is 0 Å². The summed E-state index contributed by atoms with van der Waals surface area (Å²) in [6, 6.07) is 16.2. The molecule has 2 aromatic carbocycles. The van der Waals surface area contributed by atoms with Crippen LogP contribution in [-0.2, 0) is 19.4 Å². The second kappa shape index (κ2) is 9.27. The first-order valence-corrected chi connectivity index (χ1v) is 8.93. The number of benzene rings is 2. The Kier molecular flexibility index (Phi) is 7.31. The van der Waals surface area contributed by atoms with Crippen molar-refractivity contribution in [1.82, 2.24) is 9.88 Å². The van der Waals surface area contributed by atoms with Crippen LogP contribution in [0.1, 0.15) is 34.5 Å². The summed E-state index contributed by atoms with van der Waals surface area (Å²) >= 11 is 0. The van der Waals surface area contributed by atoms with Crippen molar-refractivity contribution in [3.63, 3.8) is 0 Å². The summed E-state index contributed by atoms with van der Waals surface area (Å²) in [5.41, 5.74) is 11.4. The zero-order valence-corrected chi connectivity index (χ0v) is 16.7. The highest BCUT2D eigenvalue weighted by molar-refractivity contribution is 5.96. The maximum Gasteiger partial charge on any atom is 0.231 e. The average molecular weight is 406 g/mol. The van der Waals surface area contributed by atoms with E-state index in [2.05, 4.69) is 35.6 Å². The van der Waals surface area contributed by atoms with E-state index in [0.717, 1.165) is 43.6 Å². The summed E-state index contributed by atoms with van der Waals surface area (Å²) in [5, 5.41) is 4.73. The maximum absolute atomic E-state index is 12.4. The average Bonchev–Trinajstić information content (AvgIpc) is 2.95. The molecular formula is C21H25Cl2N3O. The van der Waals surface area contributed by atoms with E-state index in [-0.39, 0.29) is 30.7 Å². The Morgan fingerprint density at radius 2 is 1.74 bits per heavy atom. The number of nitrogen functional groups attached to an aromatic ring is 1. The standard InChI is InChI=1S/C21H23N3O.2ClH/c22-16-10-8-15(9-11-16)14-23-13-12-18-17-4-1-2-5-19(17)24-20(18)6-3-7-21(24)25;;/h1-2,4-5,8-11,23H,3,6-7,12-14,22H2;2*1H. The van der Waals surface area contributed by atoms with Crippen molar-refractivity contribution in [2.45, 2.75) is 32.2 Å². The van der Waals surface area contributed by atoms with Gasteiger partial charge in [-0.3, -0.25) is 9.36 Å². The molecule has 0 spiro atoms. The van der Waals surface area contributed by atoms with Crippen LogP contribution in [0, 0.1) is 0 Å². The number of para-hydroxylation sites is 1. The van der Waals surface area contributed by atoms with E-state index in [1.54, 1.807) is 0 Å². The van der Waals surface area contributed by atoms with Gasteiger partial charge >= 0.3 is 0 Å². The van der Waals surface area contributed by atoms with Gasteiger partial charge < -0.3 is 11.1 Å². The molecule has 4 nitrogen and oxygen atoms in total. The fourth-order valence-corrected chi connectivity index (χ4v) is 3.79. The van der Waals surface area contributed by atoms with Crippen LogP contribution in [0.15, 0.2) is 48.5 Å². The number of aromatic nitrogens is 1. The summed E-state index contributed by atoms with van der Waals surface area (Å²) < 4.78 is 1.95. The van der Waals surface area contributed by atoms with Crippen molar-refractivity contribution in [3.05, 3.63) is 65.4 Å². The first-order chi connectivity index (χ1) is 12.2. The number of fused-ring (bicyclic) bond motifs is 3. The molecule has 0 fully saturated rings. The molecule has 1 aliphatic heterocycles. The number of carbonyl (C=O) groups is 1. The van der Waals surface area contributed by atoms with Crippen LogP contribution in [0.25, 0.3) is 10.9 Å². The lowest BCUT2D eigenvalue weighted by molar-refractivity contribution is 0.0889. The van der Waals surface area contributed by atoms with Crippen LogP contribution in [0.5, 0.6) is 0 Å². The fraction of sp³-hybridized carbons (Fsp3) is 0.286. The van der Waals surface area contributed by atoms with Crippen molar-refractivity contribution in [1.29, 1.82) is 0 Å². The normalized spacial score (nSPS) is 13.0. The molecule has 0 aliphatic carbocycles. The van der Waals surface area contributed by atoms with Crippen LogP contribution in [0.2, 0.25) is 0 Å². The molecule has 0 saturated carbocycles. The van der Waals surface area contributed by atoms with Crippen LogP contribution >= 0.6 is 24.8 Å². The van der Waals surface area contributed by atoms with E-state index in [1.165, 1.54) is 22.2 Å². The minimum absolute atomic E-state index is 0. The molecule has 0 bridgehead atoms. The molecule has 1 aromatic heterocycles. The summed E-state index contributed by atoms with van der Waals surface area (Å²) in [7, 11) is 0. The Labute approximate surface area is 171 Å². The van der Waals surface area contributed by atoms with Gasteiger partial charge in [0.25, 0.3) is 0 Å². The van der Waals surface area contributed by atoms with Gasteiger partial charge in [-0.15, -0.1) is 24.8 Å². The molecule has 0 atom stereocenters. The predicted molar refractivity (Wildman–Crippen MR) is 116 cm³/mol. The number of hydrogen-bond acceptors (Lipinski definition) is 3. The van der Waals surface area contributed by atoms with E-state index in [9.17, 15) is 4.79 Å². The molecule has 3 aromatic rings. The smallest absolute Gasteiger partial charge is 0.231 e. The number of anilines is 1. The number of nitrogens with one attached hydrogen (secondary N) is 1. The van der Waals surface area contributed by atoms with Gasteiger partial charge in [-0.05, 0) is 55.1 Å². The van der Waals surface area contributed by atoms with E-state index in [4.69, 9.17) is 5.73 Å². The Morgan fingerprint density at radius 1 is 1.00 bits per heavy atom. The number of nitrogens with two attached hydrogens (primary N) is 1. The van der Waals surface area contributed by atoms with Gasteiger partial charge in [0, 0.05) is 29.7 Å².